The minimum atomic E-state index is -0.765. The minimum Gasteiger partial charge on any atom is -0.484 e. The Morgan fingerprint density at radius 2 is 1.75 bits per heavy atom. The van der Waals surface area contributed by atoms with Gasteiger partial charge in [-0.15, -0.1) is 0 Å². The second-order valence-electron chi connectivity index (χ2n) is 8.25. The Morgan fingerprint density at radius 1 is 1.06 bits per heavy atom. The molecule has 4 amide bonds. The van der Waals surface area contributed by atoms with E-state index in [1.807, 2.05) is 32.0 Å². The van der Waals surface area contributed by atoms with Gasteiger partial charge in [0.05, 0.1) is 0 Å². The second kappa shape index (κ2) is 12.7. The Balaban J connectivity index is 2.03. The predicted molar refractivity (Wildman–Crippen MR) is 120 cm³/mol. The average Bonchev–Trinajstić information content (AvgIpc) is 2.77. The fourth-order valence-corrected chi connectivity index (χ4v) is 3.33. The van der Waals surface area contributed by atoms with Gasteiger partial charge in [-0.25, -0.2) is 0 Å². The third-order valence-electron chi connectivity index (χ3n) is 5.21. The van der Waals surface area contributed by atoms with Crippen molar-refractivity contribution in [2.75, 3.05) is 26.2 Å². The summed E-state index contributed by atoms with van der Waals surface area (Å²) in [6, 6.07) is 7.61. The van der Waals surface area contributed by atoms with Crippen molar-refractivity contribution >= 4 is 23.6 Å². The summed E-state index contributed by atoms with van der Waals surface area (Å²) >= 11 is 0. The van der Waals surface area contributed by atoms with Crippen LogP contribution in [0.1, 0.15) is 40.0 Å². The average molecular weight is 447 g/mol. The lowest BCUT2D eigenvalue weighted by Gasteiger charge is -2.24. The Morgan fingerprint density at radius 3 is 2.44 bits per heavy atom. The summed E-state index contributed by atoms with van der Waals surface area (Å²) in [6.07, 6.45) is 1.19. The third-order valence-corrected chi connectivity index (χ3v) is 5.21. The number of nitrogens with zero attached hydrogens (tertiary/aromatic N) is 1. The molecule has 2 atom stereocenters. The smallest absolute Gasteiger partial charge is 0.260 e. The van der Waals surface area contributed by atoms with Crippen molar-refractivity contribution in [1.29, 1.82) is 0 Å². The number of carbonyl (C=O) groups is 4. The van der Waals surface area contributed by atoms with Gasteiger partial charge in [-0.2, -0.15) is 0 Å². The van der Waals surface area contributed by atoms with E-state index in [9.17, 15) is 19.2 Å². The molecule has 0 spiro atoms. The van der Waals surface area contributed by atoms with E-state index in [0.717, 1.165) is 0 Å². The molecule has 1 saturated heterocycles. The lowest BCUT2D eigenvalue weighted by Crippen LogP contribution is -2.54. The molecule has 0 saturated carbocycles. The summed E-state index contributed by atoms with van der Waals surface area (Å²) in [4.78, 5) is 51.6. The molecule has 0 aliphatic carbocycles. The molecule has 176 valence electrons. The SMILES string of the molecule is CC(C)[C@H]1NC(=O)[C@@H](C)NC(=O)CCCN(C(=O)COc2ccccc2)CCCNC1=O. The van der Waals surface area contributed by atoms with E-state index in [1.165, 1.54) is 0 Å². The number of carbonyl (C=O) groups excluding carboxylic acids is 4. The molecule has 0 aromatic heterocycles. The van der Waals surface area contributed by atoms with Gasteiger partial charge in [-0.05, 0) is 37.8 Å². The molecule has 9 nitrogen and oxygen atoms in total. The van der Waals surface area contributed by atoms with E-state index in [0.29, 0.717) is 38.2 Å². The topological polar surface area (TPSA) is 117 Å². The zero-order valence-corrected chi connectivity index (χ0v) is 19.1. The fourth-order valence-electron chi connectivity index (χ4n) is 3.33. The van der Waals surface area contributed by atoms with Crippen molar-refractivity contribution < 1.29 is 23.9 Å². The lowest BCUT2D eigenvalue weighted by molar-refractivity contribution is -0.134. The molecule has 1 fully saturated rings. The van der Waals surface area contributed by atoms with Gasteiger partial charge in [0.15, 0.2) is 6.61 Å². The Kier molecular flexibility index (Phi) is 9.97. The normalized spacial score (nSPS) is 21.6. The fraction of sp³-hybridized carbons (Fsp3) is 0.565. The van der Waals surface area contributed by atoms with Crippen LogP contribution in [-0.4, -0.2) is 66.9 Å². The van der Waals surface area contributed by atoms with Crippen molar-refractivity contribution in [3.63, 3.8) is 0 Å². The van der Waals surface area contributed by atoms with Gasteiger partial charge in [-0.3, -0.25) is 19.2 Å². The first-order chi connectivity index (χ1) is 15.3. The largest absolute Gasteiger partial charge is 0.484 e. The van der Waals surface area contributed by atoms with Crippen molar-refractivity contribution in [3.05, 3.63) is 30.3 Å². The summed E-state index contributed by atoms with van der Waals surface area (Å²) in [5.74, 6) is -0.664. The number of nitrogens with one attached hydrogen (secondary N) is 3. The molecule has 1 aliphatic heterocycles. The molecule has 0 bridgehead atoms. The van der Waals surface area contributed by atoms with Gasteiger partial charge >= 0.3 is 0 Å². The molecule has 0 radical (unpaired) electrons. The van der Waals surface area contributed by atoms with Gasteiger partial charge in [-0.1, -0.05) is 32.0 Å². The van der Waals surface area contributed by atoms with Crippen LogP contribution in [0.25, 0.3) is 0 Å². The quantitative estimate of drug-likeness (QED) is 0.634. The summed E-state index contributed by atoms with van der Waals surface area (Å²) in [5.41, 5.74) is 0. The van der Waals surface area contributed by atoms with Crippen LogP contribution >= 0.6 is 0 Å². The number of benzene rings is 1. The first-order valence-corrected chi connectivity index (χ1v) is 11.1. The van der Waals surface area contributed by atoms with E-state index >= 15 is 0 Å². The standard InChI is InChI=1S/C23H34N4O5/c1-16(2)21-23(31)24-12-8-14-27(20(29)15-32-18-9-5-4-6-10-18)13-7-11-19(28)25-17(3)22(30)26-21/h4-6,9-10,16-17,21H,7-8,11-15H2,1-3H3,(H,24,31)(H,25,28)(H,26,30)/t17-,21-/m1/s1. The Hall–Kier alpha value is -3.10. The molecular weight excluding hydrogens is 412 g/mol. The minimum absolute atomic E-state index is 0.104. The molecule has 1 aliphatic rings. The predicted octanol–water partition coefficient (Wildman–Crippen LogP) is 0.840. The highest BCUT2D eigenvalue weighted by molar-refractivity contribution is 5.92. The van der Waals surface area contributed by atoms with Crippen LogP contribution in [-0.2, 0) is 19.2 Å². The van der Waals surface area contributed by atoms with Crippen molar-refractivity contribution in [2.24, 2.45) is 5.92 Å². The van der Waals surface area contributed by atoms with Gasteiger partial charge in [0.25, 0.3) is 5.91 Å². The molecule has 3 N–H and O–H groups in total. The van der Waals surface area contributed by atoms with E-state index in [1.54, 1.807) is 24.0 Å². The summed E-state index contributed by atoms with van der Waals surface area (Å²) in [7, 11) is 0. The zero-order valence-electron chi connectivity index (χ0n) is 19.1. The molecule has 32 heavy (non-hydrogen) atoms. The zero-order chi connectivity index (χ0) is 23.5. The van der Waals surface area contributed by atoms with Crippen LogP contribution in [0.5, 0.6) is 5.75 Å². The summed E-state index contributed by atoms with van der Waals surface area (Å²) < 4.78 is 5.57. The number of hydrogen-bond donors (Lipinski definition) is 3. The van der Waals surface area contributed by atoms with Crippen molar-refractivity contribution in [3.8, 4) is 5.75 Å². The van der Waals surface area contributed by atoms with Gasteiger partial charge in [0.2, 0.25) is 17.7 Å². The Bertz CT molecular complexity index is 784. The van der Waals surface area contributed by atoms with Crippen LogP contribution in [0, 0.1) is 5.92 Å². The van der Waals surface area contributed by atoms with Crippen molar-refractivity contribution in [1.82, 2.24) is 20.9 Å². The molecule has 0 unspecified atom stereocenters. The van der Waals surface area contributed by atoms with E-state index in [-0.39, 0.29) is 36.7 Å². The highest BCUT2D eigenvalue weighted by Gasteiger charge is 2.27. The molecule has 1 aromatic rings. The second-order valence-corrected chi connectivity index (χ2v) is 8.25. The highest BCUT2D eigenvalue weighted by atomic mass is 16.5. The van der Waals surface area contributed by atoms with Gasteiger partial charge in [0.1, 0.15) is 17.8 Å². The summed E-state index contributed by atoms with van der Waals surface area (Å²) in [5, 5.41) is 8.21. The van der Waals surface area contributed by atoms with Crippen LogP contribution in [0.4, 0.5) is 0 Å². The molecule has 1 aromatic carbocycles. The molecule has 9 heteroatoms. The lowest BCUT2D eigenvalue weighted by atomic mass is 10.0. The molecular formula is C23H34N4O5. The first-order valence-electron chi connectivity index (χ1n) is 11.1. The van der Waals surface area contributed by atoms with E-state index < -0.39 is 18.0 Å². The Labute approximate surface area is 189 Å². The monoisotopic (exact) mass is 446 g/mol. The van der Waals surface area contributed by atoms with Crippen LogP contribution in [0.2, 0.25) is 0 Å². The number of ether oxygens (including phenoxy) is 1. The maximum absolute atomic E-state index is 12.7. The number of rotatable bonds is 4. The van der Waals surface area contributed by atoms with Crippen LogP contribution in [0.15, 0.2) is 30.3 Å². The molecule has 1 heterocycles. The van der Waals surface area contributed by atoms with Crippen LogP contribution in [0.3, 0.4) is 0 Å². The third kappa shape index (κ3) is 8.20. The number of amides is 4. The van der Waals surface area contributed by atoms with Crippen molar-refractivity contribution in [2.45, 2.75) is 52.1 Å². The van der Waals surface area contributed by atoms with Crippen LogP contribution < -0.4 is 20.7 Å². The van der Waals surface area contributed by atoms with Gasteiger partial charge < -0.3 is 25.6 Å². The van der Waals surface area contributed by atoms with E-state index in [4.69, 9.17) is 4.74 Å². The molecule has 2 rings (SSSR count). The number of hydrogen-bond acceptors (Lipinski definition) is 5. The van der Waals surface area contributed by atoms with Gasteiger partial charge in [0, 0.05) is 26.1 Å². The summed E-state index contributed by atoms with van der Waals surface area (Å²) in [6.45, 7) is 6.34. The maximum Gasteiger partial charge on any atom is 0.260 e. The van der Waals surface area contributed by atoms with E-state index in [2.05, 4.69) is 16.0 Å². The number of para-hydroxylation sites is 1. The highest BCUT2D eigenvalue weighted by Crippen LogP contribution is 2.09. The maximum atomic E-state index is 12.7. The first kappa shape index (κ1) is 25.2.